The minimum absolute atomic E-state index is 0.0785. The van der Waals surface area contributed by atoms with Crippen LogP contribution in [0.4, 0.5) is 5.13 Å². The quantitative estimate of drug-likeness (QED) is 0.475. The number of benzene rings is 2. The first-order valence-electron chi connectivity index (χ1n) is 8.57. The Balaban J connectivity index is 1.81. The van der Waals surface area contributed by atoms with Crippen molar-refractivity contribution in [2.75, 3.05) is 18.2 Å². The van der Waals surface area contributed by atoms with Crippen molar-refractivity contribution in [2.45, 2.75) is 11.8 Å². The van der Waals surface area contributed by atoms with Gasteiger partial charge in [0, 0.05) is 6.26 Å². The van der Waals surface area contributed by atoms with Gasteiger partial charge >= 0.3 is 0 Å². The largest absolute Gasteiger partial charge is 0.494 e. The molecule has 7 nitrogen and oxygen atoms in total. The van der Waals surface area contributed by atoms with Gasteiger partial charge in [0.2, 0.25) is 0 Å². The molecule has 3 aromatic rings. The van der Waals surface area contributed by atoms with Crippen molar-refractivity contribution < 1.29 is 17.9 Å². The number of rotatable bonds is 6. The van der Waals surface area contributed by atoms with E-state index < -0.39 is 15.7 Å². The molecule has 0 fully saturated rings. The van der Waals surface area contributed by atoms with Crippen LogP contribution in [0.15, 0.2) is 52.9 Å². The highest BCUT2D eigenvalue weighted by atomic mass is 32.2. The maximum atomic E-state index is 12.5. The predicted molar refractivity (Wildman–Crippen MR) is 113 cm³/mol. The number of carbonyl (C=O) groups is 1. The molecule has 0 aliphatic rings. The number of nitriles is 1. The van der Waals surface area contributed by atoms with Crippen molar-refractivity contribution in [3.8, 4) is 11.8 Å². The Kier molecular flexibility index (Phi) is 5.96. The van der Waals surface area contributed by atoms with Crippen molar-refractivity contribution in [1.29, 1.82) is 5.26 Å². The second kappa shape index (κ2) is 8.43. The van der Waals surface area contributed by atoms with E-state index in [1.54, 1.807) is 30.3 Å². The third-order valence-corrected chi connectivity index (χ3v) is 5.92. The molecule has 0 bridgehead atoms. The standard InChI is InChI=1S/C20H17N3O4S2/c1-3-27-15-6-4-13(5-7-15)10-14(12-21)19(24)23-20-22-17-9-8-16(29(2,25)26)11-18(17)28-20/h4-11H,3H2,1-2H3,(H,22,23,24)/b14-10+. The molecule has 0 spiro atoms. The van der Waals surface area contributed by atoms with Crippen molar-refractivity contribution in [3.05, 3.63) is 53.6 Å². The van der Waals surface area contributed by atoms with Crippen LogP contribution >= 0.6 is 11.3 Å². The van der Waals surface area contributed by atoms with Gasteiger partial charge in [-0.05, 0) is 48.9 Å². The third kappa shape index (κ3) is 4.99. The summed E-state index contributed by atoms with van der Waals surface area (Å²) in [4.78, 5) is 16.9. The van der Waals surface area contributed by atoms with Crippen LogP contribution in [0.25, 0.3) is 16.3 Å². The van der Waals surface area contributed by atoms with Gasteiger partial charge in [-0.3, -0.25) is 10.1 Å². The van der Waals surface area contributed by atoms with Gasteiger partial charge in [-0.1, -0.05) is 23.5 Å². The van der Waals surface area contributed by atoms with Crippen molar-refractivity contribution >= 4 is 48.5 Å². The molecule has 0 radical (unpaired) electrons. The van der Waals surface area contributed by atoms with E-state index in [1.807, 2.05) is 13.0 Å². The van der Waals surface area contributed by atoms with Gasteiger partial charge in [-0.25, -0.2) is 13.4 Å². The summed E-state index contributed by atoms with van der Waals surface area (Å²) in [5.74, 6) is 0.110. The summed E-state index contributed by atoms with van der Waals surface area (Å²) in [7, 11) is -3.34. The number of ether oxygens (including phenoxy) is 1. The molecule has 1 aromatic heterocycles. The summed E-state index contributed by atoms with van der Waals surface area (Å²) in [6.45, 7) is 2.44. The molecular weight excluding hydrogens is 410 g/mol. The predicted octanol–water partition coefficient (Wildman–Crippen LogP) is 3.64. The summed E-state index contributed by atoms with van der Waals surface area (Å²) in [5.41, 5.74) is 1.17. The molecule has 29 heavy (non-hydrogen) atoms. The first-order chi connectivity index (χ1) is 13.8. The number of hydrogen-bond acceptors (Lipinski definition) is 7. The fourth-order valence-corrected chi connectivity index (χ4v) is 4.12. The number of nitrogens with zero attached hydrogens (tertiary/aromatic N) is 2. The first-order valence-corrected chi connectivity index (χ1v) is 11.3. The fourth-order valence-electron chi connectivity index (χ4n) is 2.50. The van der Waals surface area contributed by atoms with Crippen LogP contribution in [0.1, 0.15) is 12.5 Å². The van der Waals surface area contributed by atoms with Crippen LogP contribution in [-0.2, 0) is 14.6 Å². The number of thiazole rings is 1. The smallest absolute Gasteiger partial charge is 0.268 e. The van der Waals surface area contributed by atoms with E-state index in [0.29, 0.717) is 28.1 Å². The fraction of sp³-hybridized carbons (Fsp3) is 0.150. The highest BCUT2D eigenvalue weighted by Crippen LogP contribution is 2.28. The van der Waals surface area contributed by atoms with Crippen LogP contribution in [0.5, 0.6) is 5.75 Å². The van der Waals surface area contributed by atoms with Crippen molar-refractivity contribution in [1.82, 2.24) is 4.98 Å². The van der Waals surface area contributed by atoms with Crippen LogP contribution in [0.2, 0.25) is 0 Å². The second-order valence-electron chi connectivity index (χ2n) is 6.05. The van der Waals surface area contributed by atoms with E-state index in [4.69, 9.17) is 4.74 Å². The number of sulfone groups is 1. The number of fused-ring (bicyclic) bond motifs is 1. The molecule has 0 atom stereocenters. The maximum absolute atomic E-state index is 12.5. The molecule has 0 unspecified atom stereocenters. The van der Waals surface area contributed by atoms with Gasteiger partial charge in [0.05, 0.1) is 21.7 Å². The normalized spacial score (nSPS) is 11.8. The molecule has 1 N–H and O–H groups in total. The van der Waals surface area contributed by atoms with Crippen LogP contribution in [0.3, 0.4) is 0 Å². The lowest BCUT2D eigenvalue weighted by atomic mass is 10.1. The Hall–Kier alpha value is -3.22. The average Bonchev–Trinajstić information content (AvgIpc) is 3.08. The number of nitrogens with one attached hydrogen (secondary N) is 1. The Bertz CT molecular complexity index is 1240. The molecule has 0 aliphatic heterocycles. The van der Waals surface area contributed by atoms with E-state index >= 15 is 0 Å². The second-order valence-corrected chi connectivity index (χ2v) is 9.09. The molecule has 3 rings (SSSR count). The topological polar surface area (TPSA) is 109 Å². The molecule has 1 heterocycles. The van der Waals surface area contributed by atoms with Gasteiger partial charge < -0.3 is 4.74 Å². The Labute approximate surface area is 172 Å². The van der Waals surface area contributed by atoms with Crippen LogP contribution in [0, 0.1) is 11.3 Å². The van der Waals surface area contributed by atoms with Gasteiger partial charge in [-0.15, -0.1) is 0 Å². The zero-order valence-electron chi connectivity index (χ0n) is 15.7. The lowest BCUT2D eigenvalue weighted by molar-refractivity contribution is -0.112. The lowest BCUT2D eigenvalue weighted by Gasteiger charge is -2.03. The third-order valence-electron chi connectivity index (χ3n) is 3.88. The summed E-state index contributed by atoms with van der Waals surface area (Å²) >= 11 is 1.14. The van der Waals surface area contributed by atoms with Crippen LogP contribution in [-0.4, -0.2) is 32.2 Å². The molecule has 0 saturated heterocycles. The zero-order chi connectivity index (χ0) is 21.0. The number of carbonyl (C=O) groups excluding carboxylic acids is 1. The molecule has 2 aromatic carbocycles. The molecule has 9 heteroatoms. The number of amides is 1. The first kappa shape index (κ1) is 20.5. The highest BCUT2D eigenvalue weighted by molar-refractivity contribution is 7.90. The van der Waals surface area contributed by atoms with E-state index in [-0.39, 0.29) is 15.6 Å². The number of hydrogen-bond donors (Lipinski definition) is 1. The van der Waals surface area contributed by atoms with Crippen LogP contribution < -0.4 is 10.1 Å². The molecule has 1 amide bonds. The van der Waals surface area contributed by atoms with Crippen molar-refractivity contribution in [3.63, 3.8) is 0 Å². The minimum Gasteiger partial charge on any atom is -0.494 e. The monoisotopic (exact) mass is 427 g/mol. The Morgan fingerprint density at radius 3 is 2.62 bits per heavy atom. The van der Waals surface area contributed by atoms with Gasteiger partial charge in [-0.2, -0.15) is 5.26 Å². The summed E-state index contributed by atoms with van der Waals surface area (Å²) in [5, 5.41) is 12.2. The van der Waals surface area contributed by atoms with Gasteiger partial charge in [0.15, 0.2) is 15.0 Å². The Morgan fingerprint density at radius 1 is 1.28 bits per heavy atom. The summed E-state index contributed by atoms with van der Waals surface area (Å²) in [6, 6.07) is 13.5. The van der Waals surface area contributed by atoms with Gasteiger partial charge in [0.1, 0.15) is 17.4 Å². The number of aromatic nitrogens is 1. The minimum atomic E-state index is -3.34. The summed E-state index contributed by atoms with van der Waals surface area (Å²) in [6.07, 6.45) is 2.60. The molecular formula is C20H17N3O4S2. The highest BCUT2D eigenvalue weighted by Gasteiger charge is 2.14. The zero-order valence-corrected chi connectivity index (χ0v) is 17.3. The molecule has 148 valence electrons. The average molecular weight is 428 g/mol. The summed E-state index contributed by atoms with van der Waals surface area (Å²) < 4.78 is 29.4. The Morgan fingerprint density at radius 2 is 2.00 bits per heavy atom. The molecule has 0 saturated carbocycles. The van der Waals surface area contributed by atoms with Gasteiger partial charge in [0.25, 0.3) is 5.91 Å². The number of anilines is 1. The SMILES string of the molecule is CCOc1ccc(/C=C(\C#N)C(=O)Nc2nc3ccc(S(C)(=O)=O)cc3s2)cc1. The van der Waals surface area contributed by atoms with E-state index in [2.05, 4.69) is 10.3 Å². The van der Waals surface area contributed by atoms with E-state index in [1.165, 1.54) is 18.2 Å². The maximum Gasteiger partial charge on any atom is 0.268 e. The molecule has 0 aliphatic carbocycles. The van der Waals surface area contributed by atoms with E-state index in [9.17, 15) is 18.5 Å². The lowest BCUT2D eigenvalue weighted by Crippen LogP contribution is -2.13. The van der Waals surface area contributed by atoms with E-state index in [0.717, 1.165) is 17.6 Å². The van der Waals surface area contributed by atoms with Crippen molar-refractivity contribution in [2.24, 2.45) is 0 Å².